The molecular formula is C24H23N5O2S2. The van der Waals surface area contributed by atoms with Gasteiger partial charge in [0.2, 0.25) is 5.91 Å². The molecule has 0 radical (unpaired) electrons. The molecule has 0 aliphatic heterocycles. The molecule has 7 nitrogen and oxygen atoms in total. The van der Waals surface area contributed by atoms with Gasteiger partial charge in [0.25, 0.3) is 0 Å². The number of amides is 1. The highest BCUT2D eigenvalue weighted by atomic mass is 32.2. The van der Waals surface area contributed by atoms with Crippen molar-refractivity contribution in [2.45, 2.75) is 32.5 Å². The Morgan fingerprint density at radius 3 is 2.55 bits per heavy atom. The Bertz CT molecular complexity index is 1300. The molecule has 168 valence electrons. The number of nitrogens with zero attached hydrogens (tertiary/aromatic N) is 4. The van der Waals surface area contributed by atoms with Crippen LogP contribution in [0.15, 0.2) is 60.0 Å². The predicted octanol–water partition coefficient (Wildman–Crippen LogP) is 4.62. The Morgan fingerprint density at radius 1 is 1.03 bits per heavy atom. The number of aryl methyl sites for hydroxylation is 2. The van der Waals surface area contributed by atoms with Crippen LogP contribution in [0.25, 0.3) is 17.1 Å². The van der Waals surface area contributed by atoms with Gasteiger partial charge in [-0.2, -0.15) is 0 Å². The quantitative estimate of drug-likeness (QED) is 0.294. The van der Waals surface area contributed by atoms with E-state index in [1.807, 2.05) is 28.8 Å². The highest BCUT2D eigenvalue weighted by molar-refractivity contribution is 7.99. The molecule has 3 heterocycles. The van der Waals surface area contributed by atoms with E-state index in [0.29, 0.717) is 22.4 Å². The van der Waals surface area contributed by atoms with Crippen LogP contribution in [-0.2, 0) is 11.3 Å². The van der Waals surface area contributed by atoms with Crippen LogP contribution >= 0.6 is 23.1 Å². The standard InChI is InChI=1S/C24H23N5O2S2/c1-15-4-5-19(12-16(15)2)29-23(18-8-10-25-11-9-18)27-28-24(29)32-14-21(31)22-7-6-20(33-22)13-26-17(3)30/h4-12H,13-14H2,1-3H3,(H,26,30). The van der Waals surface area contributed by atoms with E-state index in [0.717, 1.165) is 16.1 Å². The average Bonchev–Trinajstić information content (AvgIpc) is 3.46. The molecule has 1 aromatic carbocycles. The van der Waals surface area contributed by atoms with Gasteiger partial charge in [0.15, 0.2) is 16.8 Å². The van der Waals surface area contributed by atoms with Gasteiger partial charge in [-0.15, -0.1) is 21.5 Å². The Balaban J connectivity index is 1.59. The van der Waals surface area contributed by atoms with Crippen molar-refractivity contribution in [3.8, 4) is 17.1 Å². The number of carbonyl (C=O) groups is 2. The maximum Gasteiger partial charge on any atom is 0.217 e. The third-order valence-corrected chi connectivity index (χ3v) is 7.16. The zero-order valence-corrected chi connectivity index (χ0v) is 20.2. The smallest absolute Gasteiger partial charge is 0.217 e. The second-order valence-corrected chi connectivity index (χ2v) is 9.64. The number of hydrogen-bond acceptors (Lipinski definition) is 7. The minimum Gasteiger partial charge on any atom is -0.351 e. The highest BCUT2D eigenvalue weighted by Crippen LogP contribution is 2.29. The Hall–Kier alpha value is -3.30. The fourth-order valence-corrected chi connectivity index (χ4v) is 5.00. The van der Waals surface area contributed by atoms with Crippen LogP contribution in [0.3, 0.4) is 0 Å². The second kappa shape index (κ2) is 10.1. The minimum absolute atomic E-state index is 0.0131. The molecule has 4 aromatic rings. The molecule has 4 rings (SSSR count). The van der Waals surface area contributed by atoms with Gasteiger partial charge in [-0.3, -0.25) is 19.1 Å². The number of Topliss-reactive ketones (excluding diaryl/α,β-unsaturated/α-hetero) is 1. The first-order valence-electron chi connectivity index (χ1n) is 10.3. The SMILES string of the molecule is CC(=O)NCc1ccc(C(=O)CSc2nnc(-c3ccncc3)n2-c2ccc(C)c(C)c2)s1. The lowest BCUT2D eigenvalue weighted by atomic mass is 10.1. The third-order valence-electron chi connectivity index (χ3n) is 5.10. The molecule has 0 spiro atoms. The first kappa shape index (κ1) is 22.9. The van der Waals surface area contributed by atoms with Crippen LogP contribution < -0.4 is 5.32 Å². The molecule has 3 aromatic heterocycles. The average molecular weight is 478 g/mol. The minimum atomic E-state index is -0.0949. The Labute approximate surface area is 200 Å². The normalized spacial score (nSPS) is 10.9. The molecule has 0 saturated heterocycles. The van der Waals surface area contributed by atoms with Crippen molar-refractivity contribution in [2.24, 2.45) is 0 Å². The van der Waals surface area contributed by atoms with Gasteiger partial charge in [-0.05, 0) is 61.4 Å². The Morgan fingerprint density at radius 2 is 1.82 bits per heavy atom. The summed E-state index contributed by atoms with van der Waals surface area (Å²) in [6.07, 6.45) is 3.45. The molecule has 33 heavy (non-hydrogen) atoms. The van der Waals surface area contributed by atoms with Gasteiger partial charge in [0.1, 0.15) is 0 Å². The topological polar surface area (TPSA) is 89.8 Å². The van der Waals surface area contributed by atoms with E-state index in [-0.39, 0.29) is 17.4 Å². The van der Waals surface area contributed by atoms with Gasteiger partial charge in [-0.1, -0.05) is 17.8 Å². The van der Waals surface area contributed by atoms with E-state index < -0.39 is 0 Å². The summed E-state index contributed by atoms with van der Waals surface area (Å²) in [6, 6.07) is 13.7. The lowest BCUT2D eigenvalue weighted by molar-refractivity contribution is -0.119. The zero-order valence-electron chi connectivity index (χ0n) is 18.5. The van der Waals surface area contributed by atoms with Crippen LogP contribution in [0.4, 0.5) is 0 Å². The highest BCUT2D eigenvalue weighted by Gasteiger charge is 2.19. The monoisotopic (exact) mass is 477 g/mol. The van der Waals surface area contributed by atoms with Crippen LogP contribution in [0, 0.1) is 13.8 Å². The number of thiophene rings is 1. The van der Waals surface area contributed by atoms with E-state index >= 15 is 0 Å². The van der Waals surface area contributed by atoms with Crippen molar-refractivity contribution >= 4 is 34.8 Å². The number of thioether (sulfide) groups is 1. The number of pyridine rings is 1. The number of benzene rings is 1. The van der Waals surface area contributed by atoms with Gasteiger partial charge in [0, 0.05) is 29.8 Å². The largest absolute Gasteiger partial charge is 0.351 e. The summed E-state index contributed by atoms with van der Waals surface area (Å²) in [7, 11) is 0. The lowest BCUT2D eigenvalue weighted by Crippen LogP contribution is -2.18. The molecule has 1 amide bonds. The molecule has 0 aliphatic rings. The second-order valence-electron chi connectivity index (χ2n) is 7.53. The number of nitrogens with one attached hydrogen (secondary N) is 1. The van der Waals surface area contributed by atoms with Gasteiger partial charge < -0.3 is 5.32 Å². The van der Waals surface area contributed by atoms with Crippen molar-refractivity contribution < 1.29 is 9.59 Å². The van der Waals surface area contributed by atoms with E-state index in [4.69, 9.17) is 0 Å². The first-order valence-corrected chi connectivity index (χ1v) is 12.1. The number of aromatic nitrogens is 4. The summed E-state index contributed by atoms with van der Waals surface area (Å²) in [5, 5.41) is 12.2. The lowest BCUT2D eigenvalue weighted by Gasteiger charge is -2.12. The van der Waals surface area contributed by atoms with E-state index in [2.05, 4.69) is 46.5 Å². The van der Waals surface area contributed by atoms with E-state index in [1.165, 1.54) is 41.1 Å². The molecule has 1 N–H and O–H groups in total. The summed E-state index contributed by atoms with van der Waals surface area (Å²) in [6.45, 7) is 6.05. The zero-order chi connectivity index (χ0) is 23.4. The number of rotatable bonds is 8. The van der Waals surface area contributed by atoms with Crippen LogP contribution in [-0.4, -0.2) is 37.2 Å². The summed E-state index contributed by atoms with van der Waals surface area (Å²) in [5.74, 6) is 0.852. The summed E-state index contributed by atoms with van der Waals surface area (Å²) in [5.41, 5.74) is 4.21. The van der Waals surface area contributed by atoms with E-state index in [1.54, 1.807) is 18.5 Å². The van der Waals surface area contributed by atoms with Crippen LogP contribution in [0.2, 0.25) is 0 Å². The van der Waals surface area contributed by atoms with Gasteiger partial charge in [-0.25, -0.2) is 0 Å². The van der Waals surface area contributed by atoms with Gasteiger partial charge >= 0.3 is 0 Å². The van der Waals surface area contributed by atoms with Crippen molar-refractivity contribution in [1.29, 1.82) is 0 Å². The van der Waals surface area contributed by atoms with Crippen molar-refractivity contribution in [3.05, 3.63) is 75.7 Å². The number of hydrogen-bond donors (Lipinski definition) is 1. The van der Waals surface area contributed by atoms with Crippen molar-refractivity contribution in [1.82, 2.24) is 25.1 Å². The number of ketones is 1. The number of carbonyl (C=O) groups excluding carboxylic acids is 2. The molecule has 0 unspecified atom stereocenters. The molecule has 9 heteroatoms. The Kier molecular flexibility index (Phi) is 7.00. The first-order chi connectivity index (χ1) is 15.9. The third kappa shape index (κ3) is 5.37. The summed E-state index contributed by atoms with van der Waals surface area (Å²) < 4.78 is 1.98. The molecule has 0 aliphatic carbocycles. The van der Waals surface area contributed by atoms with Crippen molar-refractivity contribution in [2.75, 3.05) is 5.75 Å². The van der Waals surface area contributed by atoms with Crippen LogP contribution in [0.1, 0.15) is 32.6 Å². The molecule has 0 fully saturated rings. The van der Waals surface area contributed by atoms with E-state index in [9.17, 15) is 9.59 Å². The summed E-state index contributed by atoms with van der Waals surface area (Å²) in [4.78, 5) is 29.6. The fourth-order valence-electron chi connectivity index (χ4n) is 3.18. The van der Waals surface area contributed by atoms with Crippen molar-refractivity contribution in [3.63, 3.8) is 0 Å². The molecule has 0 saturated carbocycles. The maximum atomic E-state index is 12.8. The van der Waals surface area contributed by atoms with Crippen LogP contribution in [0.5, 0.6) is 0 Å². The maximum absolute atomic E-state index is 12.8. The van der Waals surface area contributed by atoms with Gasteiger partial charge in [0.05, 0.1) is 22.9 Å². The predicted molar refractivity (Wildman–Crippen MR) is 131 cm³/mol. The molecule has 0 bridgehead atoms. The molecule has 0 atom stereocenters. The summed E-state index contributed by atoms with van der Waals surface area (Å²) >= 11 is 2.76. The molecular weight excluding hydrogens is 454 g/mol. The fraction of sp³-hybridized carbons (Fsp3) is 0.208.